The van der Waals surface area contributed by atoms with Crippen LogP contribution in [0, 0.1) is 5.82 Å². The Labute approximate surface area is 197 Å². The van der Waals surface area contributed by atoms with Crippen LogP contribution >= 0.6 is 11.6 Å². The molecule has 1 aromatic heterocycles. The van der Waals surface area contributed by atoms with E-state index in [1.807, 2.05) is 23.1 Å². The minimum atomic E-state index is -0.455. The molecule has 3 aromatic rings. The first-order valence-electron chi connectivity index (χ1n) is 11.3. The molecule has 6 nitrogen and oxygen atoms in total. The van der Waals surface area contributed by atoms with E-state index >= 15 is 0 Å². The fourth-order valence-corrected chi connectivity index (χ4v) is 4.82. The summed E-state index contributed by atoms with van der Waals surface area (Å²) in [6.45, 7) is 3.61. The number of nitrogens with one attached hydrogen (secondary N) is 1. The zero-order valence-electron chi connectivity index (χ0n) is 18.2. The summed E-state index contributed by atoms with van der Waals surface area (Å²) < 4.78 is 13.7. The molecule has 1 saturated heterocycles. The maximum Gasteiger partial charge on any atom is 0.248 e. The molecule has 2 aromatic carbocycles. The largest absolute Gasteiger partial charge is 0.325 e. The second kappa shape index (κ2) is 9.45. The lowest BCUT2D eigenvalue weighted by molar-refractivity contribution is -0.111. The maximum absolute atomic E-state index is 13.7. The van der Waals surface area contributed by atoms with Gasteiger partial charge >= 0.3 is 0 Å². The summed E-state index contributed by atoms with van der Waals surface area (Å²) in [6, 6.07) is 8.44. The van der Waals surface area contributed by atoms with Gasteiger partial charge in [0.15, 0.2) is 0 Å². The Morgan fingerprint density at radius 2 is 1.97 bits per heavy atom. The monoisotopic (exact) mass is 465 g/mol. The summed E-state index contributed by atoms with van der Waals surface area (Å²) in [5, 5.41) is 3.99. The molecule has 0 radical (unpaired) electrons. The molecule has 5 rings (SSSR count). The van der Waals surface area contributed by atoms with Crippen LogP contribution in [0.1, 0.15) is 24.8 Å². The summed E-state index contributed by atoms with van der Waals surface area (Å²) in [5.41, 5.74) is 3.34. The van der Waals surface area contributed by atoms with Gasteiger partial charge in [-0.3, -0.25) is 9.69 Å². The zero-order chi connectivity index (χ0) is 22.8. The number of hydrogen-bond donors (Lipinski definition) is 1. The van der Waals surface area contributed by atoms with Gasteiger partial charge in [0.25, 0.3) is 0 Å². The van der Waals surface area contributed by atoms with Crippen molar-refractivity contribution in [3.8, 4) is 0 Å². The highest BCUT2D eigenvalue weighted by Crippen LogP contribution is 2.39. The third-order valence-corrected chi connectivity index (χ3v) is 6.58. The second-order valence-electron chi connectivity index (χ2n) is 8.44. The number of rotatable bonds is 5. The number of halogens is 2. The standard InChI is InChI=1S/C25H25ClFN5O/c26-19-15-17(6-7-20(19)27)32-14-10-18-21(8-9-22-24(18)25(32)29-16-28-22)30-23(33)5-4-13-31-11-2-1-3-12-31/h4-9,15-16H,1-3,10-14H2,(H,30,33)/b5-4+. The molecule has 0 atom stereocenters. The molecule has 33 heavy (non-hydrogen) atoms. The van der Waals surface area contributed by atoms with Crippen molar-refractivity contribution in [2.24, 2.45) is 0 Å². The van der Waals surface area contributed by atoms with Gasteiger partial charge in [-0.25, -0.2) is 14.4 Å². The van der Waals surface area contributed by atoms with E-state index in [0.29, 0.717) is 13.0 Å². The van der Waals surface area contributed by atoms with Crippen molar-refractivity contribution in [1.82, 2.24) is 14.9 Å². The number of anilines is 3. The molecule has 8 heteroatoms. The molecular formula is C25H25ClFN5O. The molecule has 2 aliphatic heterocycles. The molecule has 2 aliphatic rings. The number of carbonyl (C=O) groups is 1. The van der Waals surface area contributed by atoms with Gasteiger partial charge in [-0.15, -0.1) is 0 Å². The van der Waals surface area contributed by atoms with Gasteiger partial charge in [0.2, 0.25) is 5.91 Å². The number of nitrogens with zero attached hydrogens (tertiary/aromatic N) is 4. The second-order valence-corrected chi connectivity index (χ2v) is 8.84. The van der Waals surface area contributed by atoms with Crippen molar-refractivity contribution >= 4 is 45.6 Å². The molecule has 0 bridgehead atoms. The van der Waals surface area contributed by atoms with Crippen LogP contribution in [0.5, 0.6) is 0 Å². The van der Waals surface area contributed by atoms with Crippen molar-refractivity contribution in [2.75, 3.05) is 36.4 Å². The third kappa shape index (κ3) is 4.56. The molecule has 1 amide bonds. The molecule has 1 N–H and O–H groups in total. The minimum absolute atomic E-state index is 0.0703. The number of carbonyl (C=O) groups excluding carboxylic acids is 1. The van der Waals surface area contributed by atoms with Gasteiger partial charge in [0, 0.05) is 35.9 Å². The first kappa shape index (κ1) is 21.8. The fraction of sp³-hybridized carbons (Fsp3) is 0.320. The van der Waals surface area contributed by atoms with Gasteiger partial charge in [-0.1, -0.05) is 24.1 Å². The highest BCUT2D eigenvalue weighted by atomic mass is 35.5. The normalized spacial score (nSPS) is 16.5. The van der Waals surface area contributed by atoms with E-state index < -0.39 is 5.82 Å². The van der Waals surface area contributed by atoms with Crippen LogP contribution in [0.15, 0.2) is 48.8 Å². The highest BCUT2D eigenvalue weighted by Gasteiger charge is 2.25. The van der Waals surface area contributed by atoms with Gasteiger partial charge in [-0.2, -0.15) is 0 Å². The first-order chi connectivity index (χ1) is 16.1. The summed E-state index contributed by atoms with van der Waals surface area (Å²) >= 11 is 6.02. The van der Waals surface area contributed by atoms with E-state index in [-0.39, 0.29) is 10.9 Å². The number of benzene rings is 2. The number of likely N-dealkylation sites (tertiary alicyclic amines) is 1. The Kier molecular flexibility index (Phi) is 6.24. The van der Waals surface area contributed by atoms with Gasteiger partial charge < -0.3 is 10.2 Å². The van der Waals surface area contributed by atoms with E-state index in [1.165, 1.54) is 31.7 Å². The van der Waals surface area contributed by atoms with Crippen molar-refractivity contribution in [2.45, 2.75) is 25.7 Å². The molecular weight excluding hydrogens is 441 g/mol. The fourth-order valence-electron chi connectivity index (χ4n) is 4.64. The topological polar surface area (TPSA) is 61.4 Å². The summed E-state index contributed by atoms with van der Waals surface area (Å²) in [7, 11) is 0. The van der Waals surface area contributed by atoms with Crippen LogP contribution in [0.3, 0.4) is 0 Å². The molecule has 170 valence electrons. The smallest absolute Gasteiger partial charge is 0.248 e. The molecule has 0 aliphatic carbocycles. The number of hydrogen-bond acceptors (Lipinski definition) is 5. The predicted molar refractivity (Wildman–Crippen MR) is 130 cm³/mol. The Bertz CT molecular complexity index is 1220. The number of piperidine rings is 1. The highest BCUT2D eigenvalue weighted by molar-refractivity contribution is 6.31. The van der Waals surface area contributed by atoms with Gasteiger partial charge in [-0.05, 0) is 68.2 Å². The van der Waals surface area contributed by atoms with E-state index in [1.54, 1.807) is 18.2 Å². The lowest BCUT2D eigenvalue weighted by atomic mass is 9.98. The summed E-state index contributed by atoms with van der Waals surface area (Å²) in [6.07, 6.45) is 9.50. The lowest BCUT2D eigenvalue weighted by Crippen LogP contribution is -2.29. The first-order valence-corrected chi connectivity index (χ1v) is 11.7. The number of aromatic nitrogens is 2. The van der Waals surface area contributed by atoms with Gasteiger partial charge in [0.1, 0.15) is 18.0 Å². The van der Waals surface area contributed by atoms with Crippen molar-refractivity contribution < 1.29 is 9.18 Å². The van der Waals surface area contributed by atoms with Crippen LogP contribution in [-0.2, 0) is 11.2 Å². The third-order valence-electron chi connectivity index (χ3n) is 6.29. The lowest BCUT2D eigenvalue weighted by Gasteiger charge is -2.31. The van der Waals surface area contributed by atoms with Crippen LogP contribution in [0.2, 0.25) is 5.02 Å². The molecule has 1 fully saturated rings. The maximum atomic E-state index is 13.7. The average molecular weight is 466 g/mol. The van der Waals surface area contributed by atoms with Crippen LogP contribution < -0.4 is 10.2 Å². The van der Waals surface area contributed by atoms with Crippen LogP contribution in [0.4, 0.5) is 21.6 Å². The van der Waals surface area contributed by atoms with E-state index in [4.69, 9.17) is 11.6 Å². The molecule has 3 heterocycles. The quantitative estimate of drug-likeness (QED) is 0.531. The van der Waals surface area contributed by atoms with Crippen molar-refractivity contribution in [1.29, 1.82) is 0 Å². The minimum Gasteiger partial charge on any atom is -0.325 e. The Balaban J connectivity index is 1.40. The SMILES string of the molecule is O=C(/C=C/CN1CCCCC1)Nc1ccc2ncnc3c2c1CCN3c1ccc(F)c(Cl)c1. The molecule has 0 spiro atoms. The zero-order valence-corrected chi connectivity index (χ0v) is 19.0. The van der Waals surface area contributed by atoms with Crippen LogP contribution in [-0.4, -0.2) is 47.0 Å². The molecule has 0 saturated carbocycles. The Morgan fingerprint density at radius 1 is 1.12 bits per heavy atom. The van der Waals surface area contributed by atoms with Gasteiger partial charge in [0.05, 0.1) is 10.5 Å². The van der Waals surface area contributed by atoms with Crippen molar-refractivity contribution in [3.05, 3.63) is 65.2 Å². The Hall–Kier alpha value is -3.03. The van der Waals surface area contributed by atoms with Crippen molar-refractivity contribution in [3.63, 3.8) is 0 Å². The van der Waals surface area contributed by atoms with E-state index in [0.717, 1.165) is 53.3 Å². The summed E-state index contributed by atoms with van der Waals surface area (Å²) in [5.74, 6) is 0.124. The Morgan fingerprint density at radius 3 is 2.79 bits per heavy atom. The van der Waals surface area contributed by atoms with E-state index in [2.05, 4.69) is 20.2 Å². The molecule has 0 unspecified atom stereocenters. The number of amides is 1. The van der Waals surface area contributed by atoms with E-state index in [9.17, 15) is 9.18 Å². The average Bonchev–Trinajstić information content (AvgIpc) is 2.83. The predicted octanol–water partition coefficient (Wildman–Crippen LogP) is 5.10. The summed E-state index contributed by atoms with van der Waals surface area (Å²) in [4.78, 5) is 25.9. The van der Waals surface area contributed by atoms with Crippen LogP contribution in [0.25, 0.3) is 10.9 Å².